The smallest absolute Gasteiger partial charge is 0.251 e. The SMILES string of the molecule is CCc1ccc(Br)cc1C(=O)NCCc1ncc[nH]1. The molecule has 0 bridgehead atoms. The predicted octanol–water partition coefficient (Wildman–Crippen LogP) is 2.71. The van der Waals surface area contributed by atoms with Gasteiger partial charge in [0.15, 0.2) is 0 Å². The Bertz CT molecular complexity index is 552. The van der Waals surface area contributed by atoms with Gasteiger partial charge in [-0.1, -0.05) is 28.9 Å². The summed E-state index contributed by atoms with van der Waals surface area (Å²) in [7, 11) is 0. The van der Waals surface area contributed by atoms with E-state index in [-0.39, 0.29) is 5.91 Å². The van der Waals surface area contributed by atoms with Crippen LogP contribution in [0.3, 0.4) is 0 Å². The Morgan fingerprint density at radius 1 is 1.47 bits per heavy atom. The molecule has 0 unspecified atom stereocenters. The fourth-order valence-corrected chi connectivity index (χ4v) is 2.25. The van der Waals surface area contributed by atoms with E-state index in [0.29, 0.717) is 13.0 Å². The zero-order chi connectivity index (χ0) is 13.7. The highest BCUT2D eigenvalue weighted by Crippen LogP contribution is 2.17. The molecule has 0 aliphatic carbocycles. The topological polar surface area (TPSA) is 57.8 Å². The number of carbonyl (C=O) groups excluding carboxylic acids is 1. The maximum Gasteiger partial charge on any atom is 0.251 e. The van der Waals surface area contributed by atoms with Gasteiger partial charge >= 0.3 is 0 Å². The molecular weight excluding hydrogens is 306 g/mol. The van der Waals surface area contributed by atoms with Crippen LogP contribution in [0.2, 0.25) is 0 Å². The molecule has 0 radical (unpaired) electrons. The first-order chi connectivity index (χ1) is 9.20. The summed E-state index contributed by atoms with van der Waals surface area (Å²) in [5.74, 6) is 0.843. The third kappa shape index (κ3) is 3.67. The second kappa shape index (κ2) is 6.52. The third-order valence-corrected chi connectivity index (χ3v) is 3.39. The monoisotopic (exact) mass is 321 g/mol. The fourth-order valence-electron chi connectivity index (χ4n) is 1.89. The number of hydrogen-bond donors (Lipinski definition) is 2. The van der Waals surface area contributed by atoms with Gasteiger partial charge in [0.1, 0.15) is 5.82 Å². The molecule has 0 saturated carbocycles. The Morgan fingerprint density at radius 3 is 3.00 bits per heavy atom. The first-order valence-corrected chi connectivity index (χ1v) is 7.05. The number of amides is 1. The Balaban J connectivity index is 1.97. The van der Waals surface area contributed by atoms with Crippen molar-refractivity contribution in [2.24, 2.45) is 0 Å². The summed E-state index contributed by atoms with van der Waals surface area (Å²) in [5, 5.41) is 2.92. The van der Waals surface area contributed by atoms with Gasteiger partial charge in [0.2, 0.25) is 0 Å². The van der Waals surface area contributed by atoms with Crippen molar-refractivity contribution >= 4 is 21.8 Å². The summed E-state index contributed by atoms with van der Waals surface area (Å²) < 4.78 is 0.917. The van der Waals surface area contributed by atoms with Gasteiger partial charge in [-0.15, -0.1) is 0 Å². The molecule has 1 heterocycles. The van der Waals surface area contributed by atoms with Crippen LogP contribution in [0.25, 0.3) is 0 Å². The number of aryl methyl sites for hydroxylation is 1. The van der Waals surface area contributed by atoms with E-state index >= 15 is 0 Å². The summed E-state index contributed by atoms with van der Waals surface area (Å²) in [6.45, 7) is 2.62. The number of nitrogens with one attached hydrogen (secondary N) is 2. The van der Waals surface area contributed by atoms with Crippen LogP contribution in [0.4, 0.5) is 0 Å². The average Bonchev–Trinajstić information content (AvgIpc) is 2.91. The Hall–Kier alpha value is -1.62. The molecule has 1 aromatic heterocycles. The number of H-pyrrole nitrogens is 1. The van der Waals surface area contributed by atoms with Gasteiger partial charge in [0.05, 0.1) is 0 Å². The Kier molecular flexibility index (Phi) is 4.74. The molecule has 1 aromatic carbocycles. The van der Waals surface area contributed by atoms with Crippen molar-refractivity contribution < 1.29 is 4.79 Å². The maximum absolute atomic E-state index is 12.1. The highest BCUT2D eigenvalue weighted by Gasteiger charge is 2.10. The summed E-state index contributed by atoms with van der Waals surface area (Å²) >= 11 is 3.40. The van der Waals surface area contributed by atoms with Gasteiger partial charge < -0.3 is 10.3 Å². The van der Waals surface area contributed by atoms with Crippen molar-refractivity contribution in [1.82, 2.24) is 15.3 Å². The second-order valence-corrected chi connectivity index (χ2v) is 5.11. The van der Waals surface area contributed by atoms with E-state index in [0.717, 1.165) is 27.8 Å². The molecule has 0 aliphatic rings. The third-order valence-electron chi connectivity index (χ3n) is 2.90. The second-order valence-electron chi connectivity index (χ2n) is 4.20. The fraction of sp³-hybridized carbons (Fsp3) is 0.286. The number of rotatable bonds is 5. The lowest BCUT2D eigenvalue weighted by Gasteiger charge is -2.09. The molecule has 2 N–H and O–H groups in total. The van der Waals surface area contributed by atoms with Crippen molar-refractivity contribution in [2.75, 3.05) is 6.54 Å². The van der Waals surface area contributed by atoms with E-state index in [1.807, 2.05) is 25.1 Å². The van der Waals surface area contributed by atoms with Crippen LogP contribution in [-0.2, 0) is 12.8 Å². The molecule has 5 heteroatoms. The van der Waals surface area contributed by atoms with E-state index < -0.39 is 0 Å². The lowest BCUT2D eigenvalue weighted by atomic mass is 10.0. The van der Waals surface area contributed by atoms with Gasteiger partial charge in [0, 0.05) is 35.4 Å². The molecule has 0 spiro atoms. The van der Waals surface area contributed by atoms with E-state index in [1.165, 1.54) is 0 Å². The highest BCUT2D eigenvalue weighted by molar-refractivity contribution is 9.10. The van der Waals surface area contributed by atoms with Crippen molar-refractivity contribution in [3.05, 3.63) is 52.0 Å². The van der Waals surface area contributed by atoms with E-state index in [2.05, 4.69) is 31.2 Å². The molecule has 0 saturated heterocycles. The molecule has 2 aromatic rings. The average molecular weight is 322 g/mol. The minimum atomic E-state index is -0.0373. The van der Waals surface area contributed by atoms with Crippen LogP contribution in [0.5, 0.6) is 0 Å². The molecule has 4 nitrogen and oxygen atoms in total. The molecule has 0 aliphatic heterocycles. The van der Waals surface area contributed by atoms with Gasteiger partial charge in [-0.2, -0.15) is 0 Å². The maximum atomic E-state index is 12.1. The van der Waals surface area contributed by atoms with Crippen LogP contribution < -0.4 is 5.32 Å². The summed E-state index contributed by atoms with van der Waals surface area (Å²) in [6.07, 6.45) is 5.03. The van der Waals surface area contributed by atoms with E-state index in [1.54, 1.807) is 12.4 Å². The van der Waals surface area contributed by atoms with Crippen LogP contribution in [0.15, 0.2) is 35.1 Å². The minimum absolute atomic E-state index is 0.0373. The number of aromatic amines is 1. The summed E-state index contributed by atoms with van der Waals surface area (Å²) in [4.78, 5) is 19.3. The lowest BCUT2D eigenvalue weighted by molar-refractivity contribution is 0.0953. The van der Waals surface area contributed by atoms with Gasteiger partial charge in [-0.3, -0.25) is 4.79 Å². The number of halogens is 1. The van der Waals surface area contributed by atoms with Crippen molar-refractivity contribution in [1.29, 1.82) is 0 Å². The number of hydrogen-bond acceptors (Lipinski definition) is 2. The number of carbonyl (C=O) groups is 1. The van der Waals surface area contributed by atoms with Crippen molar-refractivity contribution in [3.63, 3.8) is 0 Å². The van der Waals surface area contributed by atoms with Crippen LogP contribution in [-0.4, -0.2) is 22.4 Å². The number of nitrogens with zero attached hydrogens (tertiary/aromatic N) is 1. The molecule has 1 amide bonds. The molecular formula is C14H16BrN3O. The van der Waals surface area contributed by atoms with Crippen molar-refractivity contribution in [3.8, 4) is 0 Å². The van der Waals surface area contributed by atoms with Crippen LogP contribution in [0.1, 0.15) is 28.7 Å². The number of aromatic nitrogens is 2. The quantitative estimate of drug-likeness (QED) is 0.889. The van der Waals surface area contributed by atoms with Crippen LogP contribution >= 0.6 is 15.9 Å². The Morgan fingerprint density at radius 2 is 2.32 bits per heavy atom. The molecule has 100 valence electrons. The predicted molar refractivity (Wildman–Crippen MR) is 78.1 cm³/mol. The van der Waals surface area contributed by atoms with Gasteiger partial charge in [0.25, 0.3) is 5.91 Å². The first-order valence-electron chi connectivity index (χ1n) is 6.25. The molecule has 0 fully saturated rings. The van der Waals surface area contributed by atoms with Crippen LogP contribution in [0, 0.1) is 0 Å². The zero-order valence-corrected chi connectivity index (χ0v) is 12.3. The highest BCUT2D eigenvalue weighted by atomic mass is 79.9. The van der Waals surface area contributed by atoms with Crippen molar-refractivity contribution in [2.45, 2.75) is 19.8 Å². The summed E-state index contributed by atoms with van der Waals surface area (Å²) in [5.41, 5.74) is 1.79. The van der Waals surface area contributed by atoms with Gasteiger partial charge in [-0.25, -0.2) is 4.98 Å². The zero-order valence-electron chi connectivity index (χ0n) is 10.7. The number of benzene rings is 1. The molecule has 19 heavy (non-hydrogen) atoms. The lowest BCUT2D eigenvalue weighted by Crippen LogP contribution is -2.26. The largest absolute Gasteiger partial charge is 0.352 e. The Labute approximate surface area is 120 Å². The van der Waals surface area contributed by atoms with E-state index in [9.17, 15) is 4.79 Å². The summed E-state index contributed by atoms with van der Waals surface area (Å²) in [6, 6.07) is 5.80. The van der Waals surface area contributed by atoms with E-state index in [4.69, 9.17) is 0 Å². The standard InChI is InChI=1S/C14H16BrN3O/c1-2-10-3-4-11(15)9-12(10)14(19)18-6-5-13-16-7-8-17-13/h3-4,7-9H,2,5-6H2,1H3,(H,16,17)(H,18,19). The first kappa shape index (κ1) is 13.8. The minimum Gasteiger partial charge on any atom is -0.352 e. The number of imidazole rings is 1. The van der Waals surface area contributed by atoms with Gasteiger partial charge in [-0.05, 0) is 24.1 Å². The molecule has 0 atom stereocenters. The normalized spacial score (nSPS) is 10.4. The molecule has 2 rings (SSSR count).